The molecule has 208 valence electrons. The van der Waals surface area contributed by atoms with E-state index in [4.69, 9.17) is 16.3 Å². The number of halogens is 2. The fourth-order valence-corrected chi connectivity index (χ4v) is 5.38. The van der Waals surface area contributed by atoms with Crippen molar-refractivity contribution in [3.05, 3.63) is 70.3 Å². The van der Waals surface area contributed by atoms with Crippen LogP contribution in [0.4, 0.5) is 4.39 Å². The van der Waals surface area contributed by atoms with Crippen LogP contribution in [0.2, 0.25) is 5.15 Å². The Morgan fingerprint density at radius 1 is 1.21 bits per heavy atom. The fraction of sp³-hybridized carbons (Fsp3) is 0.357. The van der Waals surface area contributed by atoms with Crippen molar-refractivity contribution >= 4 is 40.4 Å². The average Bonchev–Trinajstić information content (AvgIpc) is 3.16. The molecule has 0 fully saturated rings. The number of benzene rings is 2. The molecule has 1 atom stereocenters. The highest BCUT2D eigenvalue weighted by Gasteiger charge is 2.25. The van der Waals surface area contributed by atoms with Crippen molar-refractivity contribution in [3.8, 4) is 17.1 Å². The zero-order chi connectivity index (χ0) is 28.7. The van der Waals surface area contributed by atoms with E-state index in [9.17, 15) is 19.5 Å². The molecule has 1 unspecified atom stereocenters. The summed E-state index contributed by atoms with van der Waals surface area (Å²) in [5, 5.41) is 11.7. The van der Waals surface area contributed by atoms with Gasteiger partial charge in [-0.1, -0.05) is 67.5 Å². The first-order chi connectivity index (χ1) is 18.5. The Kier molecular flexibility index (Phi) is 10.5. The maximum absolute atomic E-state index is 15.3. The maximum Gasteiger partial charge on any atom is 0.336 e. The lowest BCUT2D eigenvalue weighted by Crippen LogP contribution is -2.34. The lowest BCUT2D eigenvalue weighted by molar-refractivity contribution is -0.121. The number of nitrogens with zero attached hydrogens (tertiary/aromatic N) is 2. The zero-order valence-corrected chi connectivity index (χ0v) is 23.7. The van der Waals surface area contributed by atoms with Crippen LogP contribution >= 0.6 is 23.4 Å². The Morgan fingerprint density at radius 3 is 2.54 bits per heavy atom. The summed E-state index contributed by atoms with van der Waals surface area (Å²) in [7, 11) is 0. The summed E-state index contributed by atoms with van der Waals surface area (Å²) >= 11 is 7.39. The first-order valence-electron chi connectivity index (χ1n) is 12.5. The van der Waals surface area contributed by atoms with Gasteiger partial charge >= 0.3 is 5.97 Å². The summed E-state index contributed by atoms with van der Waals surface area (Å²) in [5.74, 6) is -1.75. The number of aromatic nitrogens is 2. The molecular weight excluding hydrogens is 545 g/mol. The zero-order valence-electron chi connectivity index (χ0n) is 22.2. The fourth-order valence-electron chi connectivity index (χ4n) is 4.06. The normalized spacial score (nSPS) is 11.9. The molecule has 0 spiro atoms. The number of carboxylic acids is 1. The molecule has 0 saturated carbocycles. The van der Waals surface area contributed by atoms with Gasteiger partial charge in [-0.3, -0.25) is 14.2 Å². The van der Waals surface area contributed by atoms with E-state index in [2.05, 4.69) is 10.3 Å². The van der Waals surface area contributed by atoms with E-state index in [1.807, 2.05) is 13.8 Å². The Hall–Kier alpha value is -3.37. The molecule has 39 heavy (non-hydrogen) atoms. The van der Waals surface area contributed by atoms with Gasteiger partial charge in [0.2, 0.25) is 5.91 Å². The van der Waals surface area contributed by atoms with Crippen molar-refractivity contribution in [1.82, 2.24) is 14.9 Å². The summed E-state index contributed by atoms with van der Waals surface area (Å²) < 4.78 is 22.5. The number of aromatic carboxylic acids is 1. The smallest absolute Gasteiger partial charge is 0.336 e. The highest BCUT2D eigenvalue weighted by Crippen LogP contribution is 2.29. The summed E-state index contributed by atoms with van der Waals surface area (Å²) in [6, 6.07) is 11.1. The van der Waals surface area contributed by atoms with Gasteiger partial charge in [-0.05, 0) is 42.5 Å². The minimum absolute atomic E-state index is 0.00348. The van der Waals surface area contributed by atoms with Gasteiger partial charge in [-0.2, -0.15) is 4.98 Å². The van der Waals surface area contributed by atoms with Gasteiger partial charge in [0.05, 0.1) is 36.2 Å². The molecule has 0 radical (unpaired) electrons. The number of ether oxygens (including phenoxy) is 1. The molecule has 0 saturated heterocycles. The lowest BCUT2D eigenvalue weighted by atomic mass is 9.98. The number of rotatable bonds is 12. The van der Waals surface area contributed by atoms with Crippen LogP contribution in [0.3, 0.4) is 0 Å². The molecule has 8 nitrogen and oxygen atoms in total. The van der Waals surface area contributed by atoms with E-state index in [1.54, 1.807) is 41.8 Å². The summed E-state index contributed by atoms with van der Waals surface area (Å²) in [4.78, 5) is 40.4. The van der Waals surface area contributed by atoms with E-state index in [1.165, 1.54) is 19.1 Å². The van der Waals surface area contributed by atoms with Crippen molar-refractivity contribution in [1.29, 1.82) is 0 Å². The first-order valence-corrected chi connectivity index (χ1v) is 13.7. The maximum atomic E-state index is 15.3. The number of hydrogen-bond acceptors (Lipinski definition) is 6. The second kappa shape index (κ2) is 13.6. The number of carbonyl (C=O) groups is 3. The molecule has 1 heterocycles. The highest BCUT2D eigenvalue weighted by atomic mass is 35.5. The molecule has 1 amide bonds. The largest absolute Gasteiger partial charge is 0.478 e. The van der Waals surface area contributed by atoms with Crippen LogP contribution < -0.4 is 10.1 Å². The van der Waals surface area contributed by atoms with Crippen LogP contribution in [-0.2, 0) is 22.7 Å². The minimum atomic E-state index is -1.10. The van der Waals surface area contributed by atoms with E-state index in [0.717, 1.165) is 11.8 Å². The molecule has 11 heteroatoms. The Morgan fingerprint density at radius 2 is 1.92 bits per heavy atom. The van der Waals surface area contributed by atoms with Crippen LogP contribution in [0.15, 0.2) is 42.5 Å². The van der Waals surface area contributed by atoms with Gasteiger partial charge in [-0.25, -0.2) is 9.18 Å². The molecule has 0 bridgehead atoms. The molecule has 2 aromatic carbocycles. The molecule has 3 rings (SSSR count). The minimum Gasteiger partial charge on any atom is -0.478 e. The first kappa shape index (κ1) is 30.2. The lowest BCUT2D eigenvalue weighted by Gasteiger charge is -2.18. The predicted molar refractivity (Wildman–Crippen MR) is 150 cm³/mol. The summed E-state index contributed by atoms with van der Waals surface area (Å²) in [6.07, 6.45) is 0.524. The average molecular weight is 576 g/mol. The Labute approximate surface area is 235 Å². The third kappa shape index (κ3) is 7.83. The monoisotopic (exact) mass is 575 g/mol. The van der Waals surface area contributed by atoms with Gasteiger partial charge in [0, 0.05) is 12.5 Å². The van der Waals surface area contributed by atoms with Crippen LogP contribution in [0.5, 0.6) is 6.01 Å². The molecule has 0 aliphatic rings. The third-order valence-electron chi connectivity index (χ3n) is 5.83. The van der Waals surface area contributed by atoms with E-state index in [0.29, 0.717) is 28.8 Å². The number of amides is 1. The standard InChI is InChI=1S/C28H31ClFN3O5S/c1-5-38-28-32-25(29)23(14-31-26(35)24(12-16(2)3)39-17(4)34)33(28)15-19-11-10-18(13-22(19)30)20-8-6-7-9-21(20)27(36)37/h6-11,13,16,24H,5,12,14-15H2,1-4H3,(H,31,35)(H,36,37). The Balaban J connectivity index is 1.89. The number of carboxylic acid groups (broad SMARTS) is 1. The molecule has 0 aliphatic heterocycles. The topological polar surface area (TPSA) is 111 Å². The molecule has 1 aromatic heterocycles. The second-order valence-corrected chi connectivity index (χ2v) is 11.0. The van der Waals surface area contributed by atoms with Gasteiger partial charge in [0.1, 0.15) is 5.82 Å². The summed E-state index contributed by atoms with van der Waals surface area (Å²) in [5.41, 5.74) is 1.61. The van der Waals surface area contributed by atoms with Crippen molar-refractivity contribution in [2.75, 3.05) is 6.61 Å². The van der Waals surface area contributed by atoms with Crippen molar-refractivity contribution < 1.29 is 28.6 Å². The Bertz CT molecular complexity index is 1360. The van der Waals surface area contributed by atoms with Crippen LogP contribution in [0.25, 0.3) is 11.1 Å². The number of thioether (sulfide) groups is 1. The van der Waals surface area contributed by atoms with E-state index < -0.39 is 17.0 Å². The van der Waals surface area contributed by atoms with Crippen molar-refractivity contribution in [2.24, 2.45) is 5.92 Å². The third-order valence-corrected chi connectivity index (χ3v) is 7.15. The van der Waals surface area contributed by atoms with Gasteiger partial charge in [0.15, 0.2) is 10.3 Å². The van der Waals surface area contributed by atoms with E-state index >= 15 is 4.39 Å². The van der Waals surface area contributed by atoms with Crippen molar-refractivity contribution in [2.45, 2.75) is 52.5 Å². The van der Waals surface area contributed by atoms with Gasteiger partial charge in [-0.15, -0.1) is 0 Å². The quantitative estimate of drug-likeness (QED) is 0.281. The van der Waals surface area contributed by atoms with Gasteiger partial charge in [0.25, 0.3) is 6.01 Å². The number of hydrogen-bond donors (Lipinski definition) is 2. The number of carbonyl (C=O) groups excluding carboxylic acids is 2. The summed E-state index contributed by atoms with van der Waals surface area (Å²) in [6.45, 7) is 7.44. The van der Waals surface area contributed by atoms with Gasteiger partial charge < -0.3 is 15.2 Å². The predicted octanol–water partition coefficient (Wildman–Crippen LogP) is 5.80. The number of imidazole rings is 1. The molecule has 3 aromatic rings. The number of nitrogens with one attached hydrogen (secondary N) is 1. The molecular formula is C28H31ClFN3O5S. The molecule has 0 aliphatic carbocycles. The van der Waals surface area contributed by atoms with E-state index in [-0.39, 0.29) is 53.4 Å². The highest BCUT2D eigenvalue weighted by molar-refractivity contribution is 8.14. The van der Waals surface area contributed by atoms with Crippen molar-refractivity contribution in [3.63, 3.8) is 0 Å². The SMILES string of the molecule is CCOc1nc(Cl)c(CNC(=O)C(CC(C)C)SC(C)=O)n1Cc1ccc(-c2ccccc2C(=O)O)cc1F. The second-order valence-electron chi connectivity index (χ2n) is 9.25. The van der Waals surface area contributed by atoms with Crippen LogP contribution in [0, 0.1) is 11.7 Å². The van der Waals surface area contributed by atoms with Crippen LogP contribution in [0.1, 0.15) is 55.7 Å². The molecule has 2 N–H and O–H groups in total. The van der Waals surface area contributed by atoms with Crippen LogP contribution in [-0.4, -0.2) is 43.5 Å².